The van der Waals surface area contributed by atoms with E-state index in [1.54, 1.807) is 12.2 Å². The van der Waals surface area contributed by atoms with Crippen molar-refractivity contribution in [1.29, 1.82) is 0 Å². The van der Waals surface area contributed by atoms with E-state index in [1.165, 1.54) is 0 Å². The molecule has 2 unspecified atom stereocenters. The van der Waals surface area contributed by atoms with E-state index in [2.05, 4.69) is 9.47 Å². The van der Waals surface area contributed by atoms with Crippen molar-refractivity contribution in [3.8, 4) is 0 Å². The Bertz CT molecular complexity index is 233. The monoisotopic (exact) mass is 202 g/mol. The number of hydrogen-bond donors (Lipinski definition) is 2. The average Bonchev–Trinajstić information content (AvgIpc) is 2.06. The summed E-state index contributed by atoms with van der Waals surface area (Å²) < 4.78 is 8.96. The molecule has 0 saturated heterocycles. The van der Waals surface area contributed by atoms with Crippen LogP contribution in [0.25, 0.3) is 0 Å². The normalized spacial score (nSPS) is 25.4. The van der Waals surface area contributed by atoms with Crippen molar-refractivity contribution < 1.29 is 29.3 Å². The van der Waals surface area contributed by atoms with Crippen LogP contribution in [0.1, 0.15) is 12.8 Å². The van der Waals surface area contributed by atoms with Gasteiger partial charge >= 0.3 is 12.3 Å². The Balaban J connectivity index is 2.55. The third-order valence-electron chi connectivity index (χ3n) is 1.82. The van der Waals surface area contributed by atoms with E-state index in [4.69, 9.17) is 10.2 Å². The van der Waals surface area contributed by atoms with Gasteiger partial charge in [0.1, 0.15) is 12.2 Å². The van der Waals surface area contributed by atoms with Gasteiger partial charge in [0.2, 0.25) is 0 Å². The summed E-state index contributed by atoms with van der Waals surface area (Å²) in [5.74, 6) is 0. The zero-order valence-corrected chi connectivity index (χ0v) is 7.25. The van der Waals surface area contributed by atoms with Gasteiger partial charge in [0.25, 0.3) is 0 Å². The number of rotatable bonds is 2. The van der Waals surface area contributed by atoms with Crippen LogP contribution in [0.2, 0.25) is 0 Å². The lowest BCUT2D eigenvalue weighted by Crippen LogP contribution is -2.35. The first kappa shape index (κ1) is 10.4. The molecular weight excluding hydrogens is 192 g/mol. The van der Waals surface area contributed by atoms with E-state index in [-0.39, 0.29) is 0 Å². The summed E-state index contributed by atoms with van der Waals surface area (Å²) in [6, 6.07) is 0. The maximum absolute atomic E-state index is 10.2. The molecule has 1 rings (SSSR count). The summed E-state index contributed by atoms with van der Waals surface area (Å²) in [6.07, 6.45) is -0.199. The third-order valence-corrected chi connectivity index (χ3v) is 1.82. The van der Waals surface area contributed by atoms with Gasteiger partial charge in [-0.1, -0.05) is 12.2 Å². The van der Waals surface area contributed by atoms with Crippen LogP contribution in [-0.2, 0) is 9.47 Å². The van der Waals surface area contributed by atoms with Crippen LogP contribution in [0.15, 0.2) is 12.2 Å². The minimum Gasteiger partial charge on any atom is -0.450 e. The molecular formula is C8H10O6. The van der Waals surface area contributed by atoms with E-state index in [1.807, 2.05) is 0 Å². The molecule has 0 amide bonds. The van der Waals surface area contributed by atoms with Crippen molar-refractivity contribution in [2.24, 2.45) is 0 Å². The van der Waals surface area contributed by atoms with E-state index in [0.717, 1.165) is 0 Å². The first-order valence-electron chi connectivity index (χ1n) is 4.03. The second-order valence-corrected chi connectivity index (χ2v) is 2.79. The Morgan fingerprint density at radius 2 is 1.36 bits per heavy atom. The lowest BCUT2D eigenvalue weighted by molar-refractivity contribution is -0.0404. The highest BCUT2D eigenvalue weighted by Gasteiger charge is 2.29. The Morgan fingerprint density at radius 3 is 1.64 bits per heavy atom. The van der Waals surface area contributed by atoms with Crippen molar-refractivity contribution in [2.45, 2.75) is 25.0 Å². The third kappa shape index (κ3) is 2.96. The molecule has 6 heteroatoms. The van der Waals surface area contributed by atoms with Gasteiger partial charge in [-0.25, -0.2) is 9.59 Å². The lowest BCUT2D eigenvalue weighted by Gasteiger charge is -2.25. The predicted octanol–water partition coefficient (Wildman–Crippen LogP) is 1.46. The molecule has 0 fully saturated rings. The van der Waals surface area contributed by atoms with E-state index >= 15 is 0 Å². The van der Waals surface area contributed by atoms with Gasteiger partial charge in [0.15, 0.2) is 0 Å². The molecule has 1 aliphatic carbocycles. The number of hydrogen-bond acceptors (Lipinski definition) is 4. The van der Waals surface area contributed by atoms with Gasteiger partial charge in [0.05, 0.1) is 0 Å². The van der Waals surface area contributed by atoms with Gasteiger partial charge in [-0.15, -0.1) is 0 Å². The molecule has 14 heavy (non-hydrogen) atoms. The molecule has 0 spiro atoms. The molecule has 0 aromatic rings. The Hall–Kier alpha value is -1.72. The topological polar surface area (TPSA) is 93.1 Å². The first-order valence-corrected chi connectivity index (χ1v) is 4.03. The fraction of sp³-hybridized carbons (Fsp3) is 0.500. The molecule has 0 radical (unpaired) electrons. The Labute approximate surface area is 79.7 Å². The minimum atomic E-state index is -1.43. The largest absolute Gasteiger partial charge is 0.506 e. The number of carboxylic acid groups (broad SMARTS) is 2. The predicted molar refractivity (Wildman–Crippen MR) is 44.2 cm³/mol. The molecule has 78 valence electrons. The summed E-state index contributed by atoms with van der Waals surface area (Å²) >= 11 is 0. The van der Waals surface area contributed by atoms with Gasteiger partial charge < -0.3 is 19.7 Å². The van der Waals surface area contributed by atoms with E-state index in [0.29, 0.717) is 12.8 Å². The number of carbonyl (C=O) groups is 2. The van der Waals surface area contributed by atoms with Crippen molar-refractivity contribution >= 4 is 12.3 Å². The highest BCUT2D eigenvalue weighted by atomic mass is 16.7. The van der Waals surface area contributed by atoms with Crippen LogP contribution in [0, 0.1) is 0 Å². The van der Waals surface area contributed by atoms with Crippen LogP contribution in [-0.4, -0.2) is 34.7 Å². The van der Waals surface area contributed by atoms with Crippen molar-refractivity contribution in [3.05, 3.63) is 12.2 Å². The van der Waals surface area contributed by atoms with Crippen LogP contribution < -0.4 is 0 Å². The van der Waals surface area contributed by atoms with Crippen LogP contribution >= 0.6 is 0 Å². The summed E-state index contributed by atoms with van der Waals surface area (Å²) in [6.45, 7) is 0. The summed E-state index contributed by atoms with van der Waals surface area (Å²) in [5, 5.41) is 16.7. The van der Waals surface area contributed by atoms with Crippen LogP contribution in [0.3, 0.4) is 0 Å². The zero-order valence-electron chi connectivity index (χ0n) is 7.25. The standard InChI is InChI=1S/C8H10O6/c9-7(10)13-5-3-1-2-4-6(5)14-8(11)12/h1-2,5-6H,3-4H2,(H,9,10)(H,11,12). The van der Waals surface area contributed by atoms with Gasteiger partial charge in [-0.2, -0.15) is 0 Å². The summed E-state index contributed by atoms with van der Waals surface area (Å²) in [5.41, 5.74) is 0. The summed E-state index contributed by atoms with van der Waals surface area (Å²) in [7, 11) is 0. The highest BCUT2D eigenvalue weighted by molar-refractivity contribution is 5.58. The van der Waals surface area contributed by atoms with Gasteiger partial charge in [-0.05, 0) is 0 Å². The van der Waals surface area contributed by atoms with Crippen LogP contribution in [0.5, 0.6) is 0 Å². The second kappa shape index (κ2) is 4.50. The second-order valence-electron chi connectivity index (χ2n) is 2.79. The fourth-order valence-corrected chi connectivity index (χ4v) is 1.27. The highest BCUT2D eigenvalue weighted by Crippen LogP contribution is 2.18. The average molecular weight is 202 g/mol. The molecule has 1 aliphatic rings. The van der Waals surface area contributed by atoms with Crippen molar-refractivity contribution in [2.75, 3.05) is 0 Å². The summed E-state index contributed by atoms with van der Waals surface area (Å²) in [4.78, 5) is 20.5. The molecule has 0 heterocycles. The molecule has 0 bridgehead atoms. The minimum absolute atomic E-state index is 0.338. The zero-order chi connectivity index (χ0) is 10.6. The Morgan fingerprint density at radius 1 is 1.00 bits per heavy atom. The van der Waals surface area contributed by atoms with Gasteiger partial charge in [-0.3, -0.25) is 0 Å². The molecule has 6 nitrogen and oxygen atoms in total. The quantitative estimate of drug-likeness (QED) is 0.520. The molecule has 0 aromatic carbocycles. The molecule has 2 N–H and O–H groups in total. The molecule has 0 aromatic heterocycles. The lowest BCUT2D eigenvalue weighted by atomic mass is 10.0. The fourth-order valence-electron chi connectivity index (χ4n) is 1.27. The van der Waals surface area contributed by atoms with Crippen molar-refractivity contribution in [1.82, 2.24) is 0 Å². The first-order chi connectivity index (χ1) is 6.59. The molecule has 0 saturated carbocycles. The molecule has 0 aliphatic heterocycles. The molecule has 2 atom stereocenters. The SMILES string of the molecule is O=C(O)OC1CC=CCC1OC(=O)O. The smallest absolute Gasteiger partial charge is 0.450 e. The van der Waals surface area contributed by atoms with E-state index < -0.39 is 24.5 Å². The van der Waals surface area contributed by atoms with E-state index in [9.17, 15) is 9.59 Å². The maximum Gasteiger partial charge on any atom is 0.506 e. The van der Waals surface area contributed by atoms with Crippen molar-refractivity contribution in [3.63, 3.8) is 0 Å². The van der Waals surface area contributed by atoms with Crippen LogP contribution in [0.4, 0.5) is 9.59 Å². The number of ether oxygens (including phenoxy) is 2. The maximum atomic E-state index is 10.2. The van der Waals surface area contributed by atoms with Gasteiger partial charge in [0, 0.05) is 12.8 Å². The Kier molecular flexibility index (Phi) is 3.33.